The van der Waals surface area contributed by atoms with E-state index in [0.29, 0.717) is 11.7 Å². The molecule has 0 spiro atoms. The number of nitrogens with one attached hydrogen (secondary N) is 1. The van der Waals surface area contributed by atoms with Gasteiger partial charge >= 0.3 is 0 Å². The van der Waals surface area contributed by atoms with Crippen LogP contribution in [-0.4, -0.2) is 14.8 Å². The molecule has 0 aliphatic rings. The van der Waals surface area contributed by atoms with Gasteiger partial charge in [-0.3, -0.25) is 9.36 Å². The predicted octanol–water partition coefficient (Wildman–Crippen LogP) is 4.48. The molecule has 7 heteroatoms. The second-order valence-corrected chi connectivity index (χ2v) is 7.51. The molecule has 1 N–H and O–H groups in total. The number of anilines is 2. The lowest BCUT2D eigenvalue weighted by Gasteiger charge is -2.13. The Morgan fingerprint density at radius 1 is 1.27 bits per heavy atom. The van der Waals surface area contributed by atoms with Gasteiger partial charge in [-0.15, -0.1) is 28.1 Å². The zero-order valence-corrected chi connectivity index (χ0v) is 16.1. The van der Waals surface area contributed by atoms with Crippen LogP contribution in [0.4, 0.5) is 11.5 Å². The highest BCUT2D eigenvalue weighted by molar-refractivity contribution is 7.98. The molecule has 0 saturated carbocycles. The maximum atomic E-state index is 12.9. The molecule has 0 aliphatic heterocycles. The first kappa shape index (κ1) is 18.4. The average molecular weight is 385 g/mol. The second-order valence-electron chi connectivity index (χ2n) is 5.54. The van der Waals surface area contributed by atoms with Crippen molar-refractivity contribution in [2.24, 2.45) is 0 Å². The number of aromatic nitrogens is 3. The minimum atomic E-state index is -0.195. The van der Waals surface area contributed by atoms with Crippen LogP contribution in [0, 0.1) is 0 Å². The number of thioether (sulfide) groups is 1. The van der Waals surface area contributed by atoms with Gasteiger partial charge in [0.05, 0.1) is 0 Å². The summed E-state index contributed by atoms with van der Waals surface area (Å²) in [6.07, 6.45) is 2.56. The van der Waals surface area contributed by atoms with Crippen molar-refractivity contribution in [2.75, 3.05) is 5.32 Å². The van der Waals surface area contributed by atoms with Crippen LogP contribution in [0.1, 0.15) is 17.4 Å². The van der Waals surface area contributed by atoms with Crippen LogP contribution in [0.3, 0.4) is 0 Å². The van der Waals surface area contributed by atoms with Gasteiger partial charge in [0, 0.05) is 22.9 Å². The normalized spacial score (nSPS) is 10.7. The Balaban J connectivity index is 1.89. The molecule has 134 valence electrons. The Labute approximate surface area is 160 Å². The second kappa shape index (κ2) is 8.82. The van der Waals surface area contributed by atoms with Crippen molar-refractivity contribution in [3.63, 3.8) is 0 Å². The molecule has 0 bridgehead atoms. The third-order valence-electron chi connectivity index (χ3n) is 3.80. The zero-order valence-electron chi connectivity index (χ0n) is 14.5. The van der Waals surface area contributed by atoms with Gasteiger partial charge in [0.15, 0.2) is 5.16 Å². The Hall–Kier alpha value is -2.38. The number of para-hydroxylation sites is 1. The predicted molar refractivity (Wildman–Crippen MR) is 109 cm³/mol. The van der Waals surface area contributed by atoms with E-state index in [9.17, 15) is 4.79 Å². The molecule has 0 fully saturated rings. The first-order chi connectivity index (χ1) is 12.7. The van der Waals surface area contributed by atoms with Gasteiger partial charge in [0.2, 0.25) is 5.82 Å². The molecular formula is C19H20N4OS2. The highest BCUT2D eigenvalue weighted by Gasteiger charge is 2.13. The summed E-state index contributed by atoms with van der Waals surface area (Å²) in [7, 11) is 0. The van der Waals surface area contributed by atoms with E-state index >= 15 is 0 Å². The SMILES string of the molecule is C=CCn1c(SCc2cccs2)nnc(Nc2ccccc2CC)c1=O. The van der Waals surface area contributed by atoms with Crippen molar-refractivity contribution in [2.45, 2.75) is 30.8 Å². The van der Waals surface area contributed by atoms with Gasteiger partial charge in [0.1, 0.15) is 0 Å². The lowest BCUT2D eigenvalue weighted by Crippen LogP contribution is -2.26. The van der Waals surface area contributed by atoms with E-state index in [2.05, 4.69) is 35.1 Å². The molecule has 0 unspecified atom stereocenters. The fraction of sp³-hybridized carbons (Fsp3) is 0.211. The van der Waals surface area contributed by atoms with Crippen molar-refractivity contribution in [3.05, 3.63) is 75.2 Å². The van der Waals surface area contributed by atoms with Gasteiger partial charge in [-0.05, 0) is 29.5 Å². The number of allylic oxidation sites excluding steroid dienone is 1. The highest BCUT2D eigenvalue weighted by atomic mass is 32.2. The number of hydrogen-bond acceptors (Lipinski definition) is 6. The van der Waals surface area contributed by atoms with Crippen molar-refractivity contribution >= 4 is 34.6 Å². The molecule has 26 heavy (non-hydrogen) atoms. The van der Waals surface area contributed by atoms with Crippen LogP contribution in [0.25, 0.3) is 0 Å². The summed E-state index contributed by atoms with van der Waals surface area (Å²) in [5.41, 5.74) is 1.81. The first-order valence-corrected chi connectivity index (χ1v) is 10.2. The summed E-state index contributed by atoms with van der Waals surface area (Å²) < 4.78 is 1.61. The fourth-order valence-electron chi connectivity index (χ4n) is 2.49. The van der Waals surface area contributed by atoms with E-state index in [0.717, 1.165) is 23.4 Å². The average Bonchev–Trinajstić information content (AvgIpc) is 3.18. The maximum Gasteiger partial charge on any atom is 0.297 e. The quantitative estimate of drug-likeness (QED) is 0.458. The van der Waals surface area contributed by atoms with E-state index in [4.69, 9.17) is 0 Å². The lowest BCUT2D eigenvalue weighted by atomic mass is 10.1. The maximum absolute atomic E-state index is 12.9. The van der Waals surface area contributed by atoms with Gasteiger partial charge in [-0.25, -0.2) is 0 Å². The van der Waals surface area contributed by atoms with Gasteiger partial charge in [-0.2, -0.15) is 0 Å². The highest BCUT2D eigenvalue weighted by Crippen LogP contribution is 2.23. The van der Waals surface area contributed by atoms with Crippen molar-refractivity contribution in [1.82, 2.24) is 14.8 Å². The van der Waals surface area contributed by atoms with Crippen LogP contribution in [0.5, 0.6) is 0 Å². The monoisotopic (exact) mass is 384 g/mol. The molecule has 0 saturated heterocycles. The Morgan fingerprint density at radius 2 is 2.12 bits per heavy atom. The molecular weight excluding hydrogens is 364 g/mol. The van der Waals surface area contributed by atoms with Crippen LogP contribution >= 0.6 is 23.1 Å². The Bertz CT molecular complexity index is 935. The number of hydrogen-bond donors (Lipinski definition) is 1. The van der Waals surface area contributed by atoms with Gasteiger partial charge in [-0.1, -0.05) is 49.0 Å². The van der Waals surface area contributed by atoms with E-state index in [1.54, 1.807) is 22.0 Å². The van der Waals surface area contributed by atoms with E-state index in [1.807, 2.05) is 35.7 Å². The van der Waals surface area contributed by atoms with Crippen molar-refractivity contribution in [3.8, 4) is 0 Å². The van der Waals surface area contributed by atoms with Gasteiger partial charge < -0.3 is 5.32 Å². The Kier molecular flexibility index (Phi) is 6.25. The molecule has 0 atom stereocenters. The summed E-state index contributed by atoms with van der Waals surface area (Å²) in [5, 5.41) is 14.2. The third-order valence-corrected chi connectivity index (χ3v) is 5.88. The molecule has 2 aromatic heterocycles. The smallest absolute Gasteiger partial charge is 0.297 e. The minimum absolute atomic E-state index is 0.195. The summed E-state index contributed by atoms with van der Waals surface area (Å²) in [5.74, 6) is 0.988. The largest absolute Gasteiger partial charge is 0.334 e. The van der Waals surface area contributed by atoms with Crippen LogP contribution in [0.15, 0.2) is 64.4 Å². The van der Waals surface area contributed by atoms with E-state index in [-0.39, 0.29) is 11.4 Å². The summed E-state index contributed by atoms with van der Waals surface area (Å²) >= 11 is 3.19. The number of thiophene rings is 1. The fourth-order valence-corrected chi connectivity index (χ4v) is 4.21. The Morgan fingerprint density at radius 3 is 2.85 bits per heavy atom. The number of aryl methyl sites for hydroxylation is 1. The van der Waals surface area contributed by atoms with E-state index in [1.165, 1.54) is 16.6 Å². The summed E-state index contributed by atoms with van der Waals surface area (Å²) in [4.78, 5) is 14.1. The van der Waals surface area contributed by atoms with Crippen molar-refractivity contribution < 1.29 is 0 Å². The molecule has 3 rings (SSSR count). The zero-order chi connectivity index (χ0) is 18.4. The summed E-state index contributed by atoms with van der Waals surface area (Å²) in [6.45, 7) is 6.22. The molecule has 0 amide bonds. The molecule has 3 aromatic rings. The van der Waals surface area contributed by atoms with Crippen LogP contribution in [-0.2, 0) is 18.7 Å². The number of benzene rings is 1. The third kappa shape index (κ3) is 4.23. The number of rotatable bonds is 8. The molecule has 0 aliphatic carbocycles. The molecule has 2 heterocycles. The topological polar surface area (TPSA) is 59.8 Å². The standard InChI is InChI=1S/C19H20N4OS2/c1-3-11-23-18(24)17(20-16-10-6-5-8-14(16)4-2)21-22-19(23)26-13-15-9-7-12-25-15/h3,5-10,12H,1,4,11,13H2,2H3,(H,20,21). The molecule has 0 radical (unpaired) electrons. The van der Waals surface area contributed by atoms with Gasteiger partial charge in [0.25, 0.3) is 5.56 Å². The first-order valence-electron chi connectivity index (χ1n) is 8.31. The summed E-state index contributed by atoms with van der Waals surface area (Å²) in [6, 6.07) is 12.0. The van der Waals surface area contributed by atoms with Crippen LogP contribution in [0.2, 0.25) is 0 Å². The van der Waals surface area contributed by atoms with E-state index < -0.39 is 0 Å². The molecule has 1 aromatic carbocycles. The number of nitrogens with zero attached hydrogens (tertiary/aromatic N) is 3. The molecule has 5 nitrogen and oxygen atoms in total. The minimum Gasteiger partial charge on any atom is -0.334 e. The van der Waals surface area contributed by atoms with Crippen molar-refractivity contribution in [1.29, 1.82) is 0 Å². The lowest BCUT2D eigenvalue weighted by molar-refractivity contribution is 0.626. The van der Waals surface area contributed by atoms with Crippen LogP contribution < -0.4 is 10.9 Å².